The number of hydrogen-bond donors (Lipinski definition) is 0. The molecule has 2 rings (SSSR count). The van der Waals surface area contributed by atoms with Crippen LogP contribution in [0.2, 0.25) is 5.02 Å². The zero-order chi connectivity index (χ0) is 15.2. The number of ether oxygens (including phenoxy) is 1. The van der Waals surface area contributed by atoms with Crippen molar-refractivity contribution >= 4 is 29.3 Å². The molecule has 116 valence electrons. The van der Waals surface area contributed by atoms with E-state index in [1.54, 1.807) is 11.8 Å². The summed E-state index contributed by atoms with van der Waals surface area (Å²) in [6.45, 7) is 2.19. The van der Waals surface area contributed by atoms with Gasteiger partial charge in [0.25, 0.3) is 0 Å². The van der Waals surface area contributed by atoms with Crippen LogP contribution in [0.5, 0.6) is 0 Å². The molecule has 1 saturated heterocycles. The molecule has 21 heavy (non-hydrogen) atoms. The average molecular weight is 328 g/mol. The number of rotatable bonds is 5. The van der Waals surface area contributed by atoms with Crippen LogP contribution in [0.4, 0.5) is 0 Å². The van der Waals surface area contributed by atoms with Gasteiger partial charge in [-0.15, -0.1) is 11.8 Å². The van der Waals surface area contributed by atoms with E-state index in [1.165, 1.54) is 12.7 Å². The van der Waals surface area contributed by atoms with Gasteiger partial charge in [0.2, 0.25) is 0 Å². The number of benzene rings is 1. The first kappa shape index (κ1) is 16.7. The van der Waals surface area contributed by atoms with Gasteiger partial charge in [0.15, 0.2) is 0 Å². The Morgan fingerprint density at radius 1 is 1.43 bits per heavy atom. The molecular weight excluding hydrogens is 306 g/mol. The SMILES string of the molecule is COC(=O)CSC[C@H]1CN(C)CC[C@@H]1c1ccc(Cl)cc1. The summed E-state index contributed by atoms with van der Waals surface area (Å²) in [7, 11) is 3.60. The highest BCUT2D eigenvalue weighted by Crippen LogP contribution is 2.35. The summed E-state index contributed by atoms with van der Waals surface area (Å²) in [5.74, 6) is 2.37. The van der Waals surface area contributed by atoms with Gasteiger partial charge in [0, 0.05) is 11.6 Å². The third-order valence-electron chi connectivity index (χ3n) is 4.01. The van der Waals surface area contributed by atoms with Gasteiger partial charge in [-0.25, -0.2) is 0 Å². The van der Waals surface area contributed by atoms with Gasteiger partial charge < -0.3 is 9.64 Å². The molecule has 0 aromatic heterocycles. The van der Waals surface area contributed by atoms with Crippen molar-refractivity contribution in [2.45, 2.75) is 12.3 Å². The van der Waals surface area contributed by atoms with Crippen molar-refractivity contribution < 1.29 is 9.53 Å². The molecule has 1 aromatic rings. The molecule has 0 amide bonds. The first-order chi connectivity index (χ1) is 10.1. The molecule has 1 aliphatic heterocycles. The van der Waals surface area contributed by atoms with Crippen LogP contribution < -0.4 is 0 Å². The zero-order valence-corrected chi connectivity index (χ0v) is 14.1. The van der Waals surface area contributed by atoms with E-state index >= 15 is 0 Å². The summed E-state index contributed by atoms with van der Waals surface area (Å²) in [4.78, 5) is 13.6. The highest BCUT2D eigenvalue weighted by Gasteiger charge is 2.28. The van der Waals surface area contributed by atoms with Crippen LogP contribution in [0.3, 0.4) is 0 Å². The second kappa shape index (κ2) is 8.06. The Kier molecular flexibility index (Phi) is 6.40. The van der Waals surface area contributed by atoms with Crippen molar-refractivity contribution in [1.82, 2.24) is 4.90 Å². The predicted octanol–water partition coefficient (Wildman–Crippen LogP) is 3.28. The smallest absolute Gasteiger partial charge is 0.315 e. The number of thioether (sulfide) groups is 1. The van der Waals surface area contributed by atoms with E-state index in [-0.39, 0.29) is 5.97 Å². The normalized spacial score (nSPS) is 23.0. The number of hydrogen-bond acceptors (Lipinski definition) is 4. The lowest BCUT2D eigenvalue weighted by Gasteiger charge is -2.37. The summed E-state index contributed by atoms with van der Waals surface area (Å²) in [5.41, 5.74) is 1.36. The van der Waals surface area contributed by atoms with E-state index in [9.17, 15) is 4.79 Å². The fourth-order valence-electron chi connectivity index (χ4n) is 2.88. The zero-order valence-electron chi connectivity index (χ0n) is 12.5. The van der Waals surface area contributed by atoms with Gasteiger partial charge in [-0.05, 0) is 55.3 Å². The van der Waals surface area contributed by atoms with E-state index in [1.807, 2.05) is 12.1 Å². The van der Waals surface area contributed by atoms with Crippen LogP contribution in [0.25, 0.3) is 0 Å². The maximum atomic E-state index is 11.2. The lowest BCUT2D eigenvalue weighted by Crippen LogP contribution is -2.38. The molecule has 0 aliphatic carbocycles. The van der Waals surface area contributed by atoms with Gasteiger partial charge in [-0.1, -0.05) is 23.7 Å². The third kappa shape index (κ3) is 4.90. The standard InChI is InChI=1S/C16H22ClNO2S/c1-18-8-7-15(12-3-5-14(17)6-4-12)13(9-18)10-21-11-16(19)20-2/h3-6,13,15H,7-11H2,1-2H3/t13-,15-/m1/s1. The van der Waals surface area contributed by atoms with Crippen LogP contribution in [0, 0.1) is 5.92 Å². The summed E-state index contributed by atoms with van der Waals surface area (Å²) in [5, 5.41) is 0.781. The van der Waals surface area contributed by atoms with Crippen molar-refractivity contribution in [3.8, 4) is 0 Å². The largest absolute Gasteiger partial charge is 0.468 e. The van der Waals surface area contributed by atoms with E-state index < -0.39 is 0 Å². The molecule has 2 atom stereocenters. The van der Waals surface area contributed by atoms with Crippen molar-refractivity contribution in [3.05, 3.63) is 34.9 Å². The number of nitrogens with zero attached hydrogens (tertiary/aromatic N) is 1. The summed E-state index contributed by atoms with van der Waals surface area (Å²) < 4.78 is 4.70. The number of carbonyl (C=O) groups is 1. The van der Waals surface area contributed by atoms with Crippen LogP contribution >= 0.6 is 23.4 Å². The van der Waals surface area contributed by atoms with Crippen molar-refractivity contribution in [3.63, 3.8) is 0 Å². The molecule has 5 heteroatoms. The second-order valence-electron chi connectivity index (χ2n) is 5.56. The topological polar surface area (TPSA) is 29.5 Å². The Morgan fingerprint density at radius 2 is 2.14 bits per heavy atom. The lowest BCUT2D eigenvalue weighted by molar-refractivity contribution is -0.137. The van der Waals surface area contributed by atoms with Gasteiger partial charge in [0.05, 0.1) is 12.9 Å². The molecule has 0 unspecified atom stereocenters. The number of likely N-dealkylation sites (tertiary alicyclic amines) is 1. The van der Waals surface area contributed by atoms with Gasteiger partial charge >= 0.3 is 5.97 Å². The Balaban J connectivity index is 1.99. The van der Waals surface area contributed by atoms with Crippen LogP contribution in [0.1, 0.15) is 17.9 Å². The van der Waals surface area contributed by atoms with E-state index in [2.05, 4.69) is 24.1 Å². The second-order valence-corrected chi connectivity index (χ2v) is 7.03. The number of carbonyl (C=O) groups excluding carboxylic acids is 1. The molecule has 3 nitrogen and oxygen atoms in total. The quantitative estimate of drug-likeness (QED) is 0.776. The number of piperidine rings is 1. The minimum Gasteiger partial charge on any atom is -0.468 e. The van der Waals surface area contributed by atoms with Crippen LogP contribution in [-0.2, 0) is 9.53 Å². The van der Waals surface area contributed by atoms with Crippen LogP contribution in [-0.4, -0.2) is 49.6 Å². The molecule has 0 saturated carbocycles. The van der Waals surface area contributed by atoms with E-state index in [4.69, 9.17) is 16.3 Å². The van der Waals surface area contributed by atoms with Gasteiger partial charge in [0.1, 0.15) is 0 Å². The maximum Gasteiger partial charge on any atom is 0.315 e. The Labute approximate surface area is 136 Å². The lowest BCUT2D eigenvalue weighted by atomic mass is 9.81. The number of methoxy groups -OCH3 is 1. The highest BCUT2D eigenvalue weighted by atomic mass is 35.5. The van der Waals surface area contributed by atoms with Gasteiger partial charge in [-0.3, -0.25) is 4.79 Å². The molecule has 0 radical (unpaired) electrons. The van der Waals surface area contributed by atoms with Gasteiger partial charge in [-0.2, -0.15) is 0 Å². The summed E-state index contributed by atoms with van der Waals surface area (Å²) in [6, 6.07) is 8.20. The predicted molar refractivity (Wildman–Crippen MR) is 89.1 cm³/mol. The van der Waals surface area contributed by atoms with E-state index in [0.29, 0.717) is 17.6 Å². The van der Waals surface area contributed by atoms with Crippen molar-refractivity contribution in [2.75, 3.05) is 38.8 Å². The molecule has 0 N–H and O–H groups in total. The summed E-state index contributed by atoms with van der Waals surface area (Å²) >= 11 is 7.65. The fraction of sp³-hybridized carbons (Fsp3) is 0.562. The maximum absolute atomic E-state index is 11.2. The average Bonchev–Trinajstić information content (AvgIpc) is 2.48. The number of esters is 1. The highest BCUT2D eigenvalue weighted by molar-refractivity contribution is 7.99. The first-order valence-electron chi connectivity index (χ1n) is 7.18. The van der Waals surface area contributed by atoms with Crippen LogP contribution in [0.15, 0.2) is 24.3 Å². The minimum atomic E-state index is -0.146. The monoisotopic (exact) mass is 327 g/mol. The van der Waals surface area contributed by atoms with E-state index in [0.717, 1.165) is 30.3 Å². The Bertz CT molecular complexity index is 466. The Morgan fingerprint density at radius 3 is 2.81 bits per heavy atom. The molecule has 1 aromatic carbocycles. The molecule has 0 spiro atoms. The first-order valence-corrected chi connectivity index (χ1v) is 8.72. The summed E-state index contributed by atoms with van der Waals surface area (Å²) in [6.07, 6.45) is 1.15. The van der Waals surface area contributed by atoms with Crippen molar-refractivity contribution in [2.24, 2.45) is 5.92 Å². The number of halogens is 1. The molecule has 1 aliphatic rings. The fourth-order valence-corrected chi connectivity index (χ4v) is 4.05. The third-order valence-corrected chi connectivity index (χ3v) is 5.37. The molecule has 0 bridgehead atoms. The minimum absolute atomic E-state index is 0.146. The molecule has 1 heterocycles. The van der Waals surface area contributed by atoms with Crippen molar-refractivity contribution in [1.29, 1.82) is 0 Å². The molecular formula is C16H22ClNO2S. The Hall–Kier alpha value is -0.710. The molecule has 1 fully saturated rings.